The van der Waals surface area contributed by atoms with Gasteiger partial charge in [0.1, 0.15) is 11.6 Å². The van der Waals surface area contributed by atoms with Gasteiger partial charge >= 0.3 is 0 Å². The number of halogens is 1. The predicted molar refractivity (Wildman–Crippen MR) is 83.7 cm³/mol. The van der Waals surface area contributed by atoms with E-state index in [9.17, 15) is 13.7 Å². The number of phenols is 1. The van der Waals surface area contributed by atoms with Gasteiger partial charge in [-0.25, -0.2) is 4.39 Å². The molecule has 4 heteroatoms. The topological polar surface area (TPSA) is 37.3 Å². The average Bonchev–Trinajstić information content (AvgIpc) is 2.47. The molecule has 21 heavy (non-hydrogen) atoms. The number of aromatic hydroxyl groups is 1. The Bertz CT molecular complexity index is 764. The van der Waals surface area contributed by atoms with Gasteiger partial charge in [-0.3, -0.25) is 4.21 Å². The highest BCUT2D eigenvalue weighted by atomic mass is 32.2. The molecule has 2 atom stereocenters. The molecule has 3 rings (SSSR count). The van der Waals surface area contributed by atoms with E-state index < -0.39 is 14.8 Å². The third-order valence-electron chi connectivity index (χ3n) is 4.07. The van der Waals surface area contributed by atoms with Crippen molar-refractivity contribution in [2.24, 2.45) is 0 Å². The Balaban J connectivity index is 2.12. The van der Waals surface area contributed by atoms with Gasteiger partial charge in [-0.1, -0.05) is 12.1 Å². The summed E-state index contributed by atoms with van der Waals surface area (Å²) in [4.78, 5) is 0.557. The summed E-state index contributed by atoms with van der Waals surface area (Å²) in [5.74, 6) is 3.73. The molecule has 2 nitrogen and oxygen atoms in total. The Morgan fingerprint density at radius 3 is 2.62 bits per heavy atom. The molecule has 1 aliphatic rings. The maximum absolute atomic E-state index is 14.2. The molecule has 0 heterocycles. The molecule has 0 radical (unpaired) electrons. The lowest BCUT2D eigenvalue weighted by atomic mass is 9.91. The fraction of sp³-hybridized carbons (Fsp3) is 0.235. The molecular formula is C17H17FO2S. The molecule has 0 amide bonds. The smallest absolute Gasteiger partial charge is 0.127 e. The Morgan fingerprint density at radius 1 is 1.19 bits per heavy atom. The van der Waals surface area contributed by atoms with E-state index >= 15 is 0 Å². The SMILES string of the molecule is C=S(=O)(c1ccc(O)cc1)C1CCCc2cccc(F)c21. The molecule has 0 aromatic heterocycles. The second kappa shape index (κ2) is 5.19. The highest BCUT2D eigenvalue weighted by molar-refractivity contribution is 8.00. The molecule has 110 valence electrons. The lowest BCUT2D eigenvalue weighted by molar-refractivity contribution is 0.475. The summed E-state index contributed by atoms with van der Waals surface area (Å²) < 4.78 is 27.4. The minimum atomic E-state index is -2.67. The Morgan fingerprint density at radius 2 is 1.90 bits per heavy atom. The van der Waals surface area contributed by atoms with E-state index in [1.54, 1.807) is 18.2 Å². The number of rotatable bonds is 2. The van der Waals surface area contributed by atoms with Crippen LogP contribution >= 0.6 is 0 Å². The van der Waals surface area contributed by atoms with Crippen LogP contribution in [0.1, 0.15) is 29.2 Å². The van der Waals surface area contributed by atoms with E-state index in [0.717, 1.165) is 18.4 Å². The molecule has 2 aromatic rings. The molecule has 0 saturated heterocycles. The van der Waals surface area contributed by atoms with E-state index in [-0.39, 0.29) is 11.6 Å². The minimum absolute atomic E-state index is 0.115. The molecule has 0 saturated carbocycles. The molecule has 1 aliphatic carbocycles. The second-order valence-corrected chi connectivity index (χ2v) is 7.91. The first-order chi connectivity index (χ1) is 10.00. The lowest BCUT2D eigenvalue weighted by Gasteiger charge is -2.29. The second-order valence-electron chi connectivity index (χ2n) is 5.41. The Labute approximate surface area is 124 Å². The van der Waals surface area contributed by atoms with Gasteiger partial charge < -0.3 is 5.11 Å². The lowest BCUT2D eigenvalue weighted by Crippen LogP contribution is -2.20. The van der Waals surface area contributed by atoms with Crippen LogP contribution in [0, 0.1) is 5.82 Å². The van der Waals surface area contributed by atoms with Crippen LogP contribution < -0.4 is 0 Å². The third-order valence-corrected chi connectivity index (χ3v) is 6.53. The van der Waals surface area contributed by atoms with Crippen molar-refractivity contribution in [3.05, 3.63) is 59.4 Å². The highest BCUT2D eigenvalue weighted by Gasteiger charge is 2.30. The quantitative estimate of drug-likeness (QED) is 0.859. The molecule has 0 spiro atoms. The summed E-state index contributed by atoms with van der Waals surface area (Å²) in [6.45, 7) is 0. The number of aryl methyl sites for hydroxylation is 1. The van der Waals surface area contributed by atoms with Gasteiger partial charge in [-0.15, -0.1) is 0 Å². The zero-order valence-corrected chi connectivity index (χ0v) is 12.4. The van der Waals surface area contributed by atoms with Crippen molar-refractivity contribution in [3.63, 3.8) is 0 Å². The third kappa shape index (κ3) is 2.44. The van der Waals surface area contributed by atoms with E-state index in [1.165, 1.54) is 18.2 Å². The summed E-state index contributed by atoms with van der Waals surface area (Å²) in [5, 5.41) is 8.95. The largest absolute Gasteiger partial charge is 0.508 e. The van der Waals surface area contributed by atoms with E-state index in [2.05, 4.69) is 5.87 Å². The number of hydrogen-bond acceptors (Lipinski definition) is 2. The first-order valence-corrected chi connectivity index (χ1v) is 8.71. The van der Waals surface area contributed by atoms with Crippen LogP contribution in [-0.2, 0) is 15.9 Å². The van der Waals surface area contributed by atoms with E-state index in [4.69, 9.17) is 0 Å². The molecule has 1 N–H and O–H groups in total. The first-order valence-electron chi connectivity index (χ1n) is 6.92. The summed E-state index contributed by atoms with van der Waals surface area (Å²) >= 11 is 0. The van der Waals surface area contributed by atoms with Crippen molar-refractivity contribution in [1.82, 2.24) is 0 Å². The van der Waals surface area contributed by atoms with Gasteiger partial charge in [0.2, 0.25) is 0 Å². The van der Waals surface area contributed by atoms with Crippen molar-refractivity contribution in [2.75, 3.05) is 0 Å². The van der Waals surface area contributed by atoms with Crippen LogP contribution in [-0.4, -0.2) is 15.2 Å². The molecule has 0 fully saturated rings. The zero-order chi connectivity index (χ0) is 15.0. The average molecular weight is 304 g/mol. The van der Waals surface area contributed by atoms with Gasteiger partial charge in [0, 0.05) is 20.0 Å². The molecule has 0 aliphatic heterocycles. The molecular weight excluding hydrogens is 287 g/mol. The monoisotopic (exact) mass is 304 g/mol. The van der Waals surface area contributed by atoms with Gasteiger partial charge in [-0.2, -0.15) is 0 Å². The van der Waals surface area contributed by atoms with Crippen LogP contribution in [0.3, 0.4) is 0 Å². The molecule has 2 unspecified atom stereocenters. The summed E-state index contributed by atoms with van der Waals surface area (Å²) in [5.41, 5.74) is 1.48. The fourth-order valence-electron chi connectivity index (χ4n) is 3.00. The van der Waals surface area contributed by atoms with E-state index in [1.807, 2.05) is 6.07 Å². The summed E-state index contributed by atoms with van der Waals surface area (Å²) in [6, 6.07) is 11.2. The van der Waals surface area contributed by atoms with Crippen LogP contribution in [0.25, 0.3) is 0 Å². The van der Waals surface area contributed by atoms with Crippen molar-refractivity contribution in [2.45, 2.75) is 29.4 Å². The Hall–Kier alpha value is -1.81. The number of phenolic OH excluding ortho intramolecular Hbond substituents is 1. The van der Waals surface area contributed by atoms with Crippen molar-refractivity contribution in [3.8, 4) is 5.75 Å². The summed E-state index contributed by atoms with van der Waals surface area (Å²) in [7, 11) is -2.67. The van der Waals surface area contributed by atoms with Gasteiger partial charge in [0.15, 0.2) is 0 Å². The standard InChI is InChI=1S/C17H17FO2S/c1-21(20,14-10-8-13(19)9-11-14)16-7-3-5-12-4-2-6-15(18)17(12)16/h2,4,6,8-11,16,19H,1,3,5,7H2. The molecule has 2 aromatic carbocycles. The van der Waals surface area contributed by atoms with Gasteiger partial charge in [0.05, 0.1) is 5.25 Å². The maximum atomic E-state index is 14.2. The van der Waals surface area contributed by atoms with Crippen molar-refractivity contribution < 1.29 is 13.7 Å². The van der Waals surface area contributed by atoms with Crippen LogP contribution in [0.5, 0.6) is 5.75 Å². The minimum Gasteiger partial charge on any atom is -0.508 e. The van der Waals surface area contributed by atoms with Gasteiger partial charge in [-0.05, 0) is 61.0 Å². The predicted octanol–water partition coefficient (Wildman–Crippen LogP) is 3.68. The number of benzene rings is 2. The van der Waals surface area contributed by atoms with Gasteiger partial charge in [0.25, 0.3) is 0 Å². The van der Waals surface area contributed by atoms with Crippen molar-refractivity contribution in [1.29, 1.82) is 0 Å². The Kier molecular flexibility index (Phi) is 3.49. The van der Waals surface area contributed by atoms with Crippen LogP contribution in [0.2, 0.25) is 0 Å². The van der Waals surface area contributed by atoms with E-state index in [0.29, 0.717) is 16.9 Å². The van der Waals surface area contributed by atoms with Crippen LogP contribution in [0.15, 0.2) is 47.4 Å². The fourth-order valence-corrected chi connectivity index (χ4v) is 5.12. The number of fused-ring (bicyclic) bond motifs is 1. The molecule has 0 bridgehead atoms. The highest BCUT2D eigenvalue weighted by Crippen LogP contribution is 2.40. The maximum Gasteiger partial charge on any atom is 0.127 e. The normalized spacial score (nSPS) is 20.5. The zero-order valence-electron chi connectivity index (χ0n) is 11.6. The van der Waals surface area contributed by atoms with Crippen molar-refractivity contribution >= 4 is 15.4 Å². The number of hydrogen-bond donors (Lipinski definition) is 1. The van der Waals surface area contributed by atoms with Crippen LogP contribution in [0.4, 0.5) is 4.39 Å². The summed E-state index contributed by atoms with van der Waals surface area (Å²) in [6.07, 6.45) is 2.36. The first kappa shape index (κ1) is 14.1.